The zero-order chi connectivity index (χ0) is 21.1. The minimum Gasteiger partial charge on any atom is -0.331 e. The Hall–Kier alpha value is -3.58. The van der Waals surface area contributed by atoms with Crippen molar-refractivity contribution in [2.45, 2.75) is 13.8 Å². The topological polar surface area (TPSA) is 66.9 Å². The first-order valence-corrected chi connectivity index (χ1v) is 10.2. The number of hydrogen-bond acceptors (Lipinski definition) is 5. The third-order valence-corrected chi connectivity index (χ3v) is 5.32. The lowest BCUT2D eigenvalue weighted by Crippen LogP contribution is -2.14. The highest BCUT2D eigenvalue weighted by atomic mass is 32.1. The highest BCUT2D eigenvalue weighted by Gasteiger charge is 2.13. The first-order chi connectivity index (χ1) is 14.5. The first-order valence-electron chi connectivity index (χ1n) is 9.31. The fraction of sp³-hybridized carbons (Fsp3) is 0.0870. The van der Waals surface area contributed by atoms with Crippen LogP contribution in [0.15, 0.2) is 66.3 Å². The Kier molecular flexibility index (Phi) is 5.54. The molecule has 2 heterocycles. The zero-order valence-electron chi connectivity index (χ0n) is 16.4. The molecule has 2 aromatic carbocycles. The molecule has 0 fully saturated rings. The molecule has 0 aliphatic rings. The van der Waals surface area contributed by atoms with Crippen LogP contribution in [-0.2, 0) is 0 Å². The molecule has 0 saturated carbocycles. The number of amides is 1. The van der Waals surface area contributed by atoms with Gasteiger partial charge in [0.05, 0.1) is 11.3 Å². The summed E-state index contributed by atoms with van der Waals surface area (Å²) in [6.07, 6.45) is 3.49. The summed E-state index contributed by atoms with van der Waals surface area (Å²) in [5, 5.41) is 8.75. The van der Waals surface area contributed by atoms with Crippen molar-refractivity contribution in [2.75, 3.05) is 10.6 Å². The molecule has 1 amide bonds. The van der Waals surface area contributed by atoms with Gasteiger partial charge in [-0.25, -0.2) is 9.37 Å². The van der Waals surface area contributed by atoms with Gasteiger partial charge in [-0.05, 0) is 55.8 Å². The molecule has 7 heteroatoms. The molecule has 0 radical (unpaired) electrons. The third kappa shape index (κ3) is 4.36. The molecule has 0 saturated heterocycles. The van der Waals surface area contributed by atoms with E-state index in [2.05, 4.69) is 20.6 Å². The molecular formula is C23H19FN4OS. The Balaban J connectivity index is 1.53. The minimum absolute atomic E-state index is 0.0196. The number of rotatable bonds is 5. The Morgan fingerprint density at radius 1 is 1.10 bits per heavy atom. The number of pyridine rings is 1. The van der Waals surface area contributed by atoms with Crippen LogP contribution in [0.2, 0.25) is 0 Å². The number of thiazole rings is 1. The molecule has 0 bridgehead atoms. The second-order valence-electron chi connectivity index (χ2n) is 6.87. The Morgan fingerprint density at radius 3 is 2.77 bits per heavy atom. The van der Waals surface area contributed by atoms with Gasteiger partial charge in [-0.2, -0.15) is 0 Å². The van der Waals surface area contributed by atoms with Crippen molar-refractivity contribution >= 4 is 33.8 Å². The number of nitrogens with zero attached hydrogens (tertiary/aromatic N) is 2. The maximum Gasteiger partial charge on any atom is 0.258 e. The maximum absolute atomic E-state index is 14.0. The monoisotopic (exact) mass is 418 g/mol. The average molecular weight is 418 g/mol. The van der Waals surface area contributed by atoms with Crippen molar-refractivity contribution in [2.24, 2.45) is 0 Å². The highest BCUT2D eigenvalue weighted by Crippen LogP contribution is 2.29. The van der Waals surface area contributed by atoms with Crippen molar-refractivity contribution in [3.8, 4) is 11.3 Å². The van der Waals surface area contributed by atoms with Gasteiger partial charge >= 0.3 is 0 Å². The Labute approximate surface area is 177 Å². The number of halogens is 1. The Morgan fingerprint density at radius 2 is 1.97 bits per heavy atom. The van der Waals surface area contributed by atoms with Crippen LogP contribution in [0.3, 0.4) is 0 Å². The van der Waals surface area contributed by atoms with E-state index < -0.39 is 11.7 Å². The van der Waals surface area contributed by atoms with Crippen molar-refractivity contribution in [3.05, 3.63) is 88.8 Å². The van der Waals surface area contributed by atoms with E-state index in [4.69, 9.17) is 0 Å². The number of anilines is 3. The molecule has 0 atom stereocenters. The summed E-state index contributed by atoms with van der Waals surface area (Å²) >= 11 is 1.48. The number of benzene rings is 2. The maximum atomic E-state index is 14.0. The number of nitrogens with one attached hydrogen (secondary N) is 2. The van der Waals surface area contributed by atoms with Crippen LogP contribution in [0.5, 0.6) is 0 Å². The number of carbonyl (C=O) groups excluding carboxylic acids is 1. The van der Waals surface area contributed by atoms with Gasteiger partial charge in [-0.15, -0.1) is 11.3 Å². The quantitative estimate of drug-likeness (QED) is 0.420. The van der Waals surface area contributed by atoms with E-state index >= 15 is 0 Å². The van der Waals surface area contributed by atoms with E-state index in [1.165, 1.54) is 23.5 Å². The van der Waals surface area contributed by atoms with Crippen molar-refractivity contribution in [1.82, 2.24) is 9.97 Å². The van der Waals surface area contributed by atoms with Gasteiger partial charge in [-0.3, -0.25) is 9.78 Å². The molecule has 5 nitrogen and oxygen atoms in total. The summed E-state index contributed by atoms with van der Waals surface area (Å²) in [6.45, 7) is 3.78. The molecule has 0 unspecified atom stereocenters. The van der Waals surface area contributed by atoms with Crippen LogP contribution in [-0.4, -0.2) is 15.9 Å². The van der Waals surface area contributed by atoms with Crippen molar-refractivity contribution in [3.63, 3.8) is 0 Å². The lowest BCUT2D eigenvalue weighted by molar-refractivity contribution is 0.102. The summed E-state index contributed by atoms with van der Waals surface area (Å²) in [6, 6.07) is 13.8. The van der Waals surface area contributed by atoms with Crippen LogP contribution in [0.25, 0.3) is 11.3 Å². The number of aryl methyl sites for hydroxylation is 2. The molecule has 0 spiro atoms. The average Bonchev–Trinajstić information content (AvgIpc) is 3.21. The van der Waals surface area contributed by atoms with Gasteiger partial charge in [0.25, 0.3) is 5.91 Å². The molecule has 2 N–H and O–H groups in total. The normalized spacial score (nSPS) is 10.6. The van der Waals surface area contributed by atoms with E-state index in [9.17, 15) is 9.18 Å². The predicted molar refractivity (Wildman–Crippen MR) is 119 cm³/mol. The molecule has 150 valence electrons. The van der Waals surface area contributed by atoms with E-state index in [1.54, 1.807) is 24.5 Å². The standard InChI is InChI=1S/C23H19FN4OS/c1-14-5-8-19(24)18(10-14)22(29)26-17-7-6-15(2)20(11-17)27-23-28-21(13-30-23)16-4-3-9-25-12-16/h3-13H,1-2H3,(H,26,29)(H,27,28). The van der Waals surface area contributed by atoms with Gasteiger partial charge in [0.15, 0.2) is 5.13 Å². The number of hydrogen-bond donors (Lipinski definition) is 2. The summed E-state index contributed by atoms with van der Waals surface area (Å²) in [7, 11) is 0. The predicted octanol–water partition coefficient (Wildman–Crippen LogP) is 5.96. The smallest absolute Gasteiger partial charge is 0.258 e. The fourth-order valence-corrected chi connectivity index (χ4v) is 3.67. The Bertz CT molecular complexity index is 1210. The second-order valence-corrected chi connectivity index (χ2v) is 7.73. The molecular weight excluding hydrogens is 399 g/mol. The molecule has 4 aromatic rings. The van der Waals surface area contributed by atoms with E-state index in [1.807, 2.05) is 43.5 Å². The van der Waals surface area contributed by atoms with Gasteiger partial charge in [0.2, 0.25) is 0 Å². The molecule has 4 rings (SSSR count). The van der Waals surface area contributed by atoms with E-state index in [0.717, 1.165) is 33.2 Å². The number of aromatic nitrogens is 2. The van der Waals surface area contributed by atoms with E-state index in [0.29, 0.717) is 5.69 Å². The SMILES string of the molecule is Cc1ccc(F)c(C(=O)Nc2ccc(C)c(Nc3nc(-c4cccnc4)cs3)c2)c1. The molecule has 2 aromatic heterocycles. The number of carbonyl (C=O) groups is 1. The van der Waals surface area contributed by atoms with Crippen molar-refractivity contribution in [1.29, 1.82) is 0 Å². The highest BCUT2D eigenvalue weighted by molar-refractivity contribution is 7.14. The lowest BCUT2D eigenvalue weighted by Gasteiger charge is -2.11. The van der Waals surface area contributed by atoms with Crippen LogP contribution in [0.4, 0.5) is 20.9 Å². The van der Waals surface area contributed by atoms with Crippen molar-refractivity contribution < 1.29 is 9.18 Å². The fourth-order valence-electron chi connectivity index (χ4n) is 2.94. The van der Waals surface area contributed by atoms with E-state index in [-0.39, 0.29) is 5.56 Å². The summed E-state index contributed by atoms with van der Waals surface area (Å²) < 4.78 is 14.0. The van der Waals surface area contributed by atoms with Gasteiger partial charge in [0, 0.05) is 34.7 Å². The second kappa shape index (κ2) is 8.42. The summed E-state index contributed by atoms with van der Waals surface area (Å²) in [4.78, 5) is 21.2. The summed E-state index contributed by atoms with van der Waals surface area (Å²) in [5.41, 5.74) is 5.00. The molecule has 0 aliphatic heterocycles. The van der Waals surface area contributed by atoms with Crippen LogP contribution in [0, 0.1) is 19.7 Å². The van der Waals surface area contributed by atoms with Crippen LogP contribution < -0.4 is 10.6 Å². The minimum atomic E-state index is -0.547. The first kappa shape index (κ1) is 19.7. The van der Waals surface area contributed by atoms with Crippen LogP contribution in [0.1, 0.15) is 21.5 Å². The van der Waals surface area contributed by atoms with Gasteiger partial charge < -0.3 is 10.6 Å². The van der Waals surface area contributed by atoms with Gasteiger partial charge in [0.1, 0.15) is 5.82 Å². The molecule has 30 heavy (non-hydrogen) atoms. The largest absolute Gasteiger partial charge is 0.331 e. The third-order valence-electron chi connectivity index (χ3n) is 4.57. The van der Waals surface area contributed by atoms with Gasteiger partial charge in [-0.1, -0.05) is 17.7 Å². The summed E-state index contributed by atoms with van der Waals surface area (Å²) in [5.74, 6) is -1.03. The zero-order valence-corrected chi connectivity index (χ0v) is 17.3. The molecule has 0 aliphatic carbocycles. The lowest BCUT2D eigenvalue weighted by atomic mass is 10.1. The van der Waals surface area contributed by atoms with Crippen LogP contribution >= 0.6 is 11.3 Å².